The summed E-state index contributed by atoms with van der Waals surface area (Å²) < 4.78 is 6.68. The highest BCUT2D eigenvalue weighted by Gasteiger charge is 2.29. The van der Waals surface area contributed by atoms with Gasteiger partial charge in [-0.1, -0.05) is 66.5 Å². The lowest BCUT2D eigenvalue weighted by Crippen LogP contribution is -2.51. The Morgan fingerprint density at radius 2 is 1.79 bits per heavy atom. The molecule has 1 N–H and O–H groups in total. The summed E-state index contributed by atoms with van der Waals surface area (Å²) in [5, 5.41) is 5.78. The van der Waals surface area contributed by atoms with E-state index in [1.807, 2.05) is 57.2 Å². The van der Waals surface area contributed by atoms with Gasteiger partial charge >= 0.3 is 0 Å². The molecule has 0 heterocycles. The molecule has 0 saturated heterocycles. The normalized spacial score (nSPS) is 12.0. The summed E-state index contributed by atoms with van der Waals surface area (Å²) in [5.74, 6) is 0.0379. The molecule has 0 aliphatic carbocycles. The lowest BCUT2D eigenvalue weighted by molar-refractivity contribution is -0.143. The van der Waals surface area contributed by atoms with Gasteiger partial charge in [-0.2, -0.15) is 0 Å². The molecule has 3 aromatic rings. The molecule has 1 atom stereocenters. The molecule has 0 aromatic heterocycles. The largest absolute Gasteiger partial charge is 0.483 e. The van der Waals surface area contributed by atoms with Gasteiger partial charge in [-0.25, -0.2) is 0 Å². The third-order valence-corrected chi connectivity index (χ3v) is 6.89. The summed E-state index contributed by atoms with van der Waals surface area (Å²) in [6.45, 7) is 5.62. The van der Waals surface area contributed by atoms with E-state index in [9.17, 15) is 9.59 Å². The van der Waals surface area contributed by atoms with Crippen molar-refractivity contribution in [2.45, 2.75) is 45.8 Å². The fraction of sp³-hybridized carbons (Fsp3) is 0.308. The number of benzene rings is 3. The van der Waals surface area contributed by atoms with Crippen molar-refractivity contribution in [2.24, 2.45) is 0 Å². The van der Waals surface area contributed by atoms with Crippen molar-refractivity contribution in [2.75, 3.05) is 6.61 Å². The molecule has 8 heteroatoms. The Bertz CT molecular complexity index is 1190. The summed E-state index contributed by atoms with van der Waals surface area (Å²) in [4.78, 5) is 27.8. The average molecular weight is 566 g/mol. The van der Waals surface area contributed by atoms with Crippen molar-refractivity contribution >= 4 is 61.7 Å². The summed E-state index contributed by atoms with van der Waals surface area (Å²) >= 11 is 15.8. The van der Waals surface area contributed by atoms with Crippen LogP contribution in [0.3, 0.4) is 0 Å². The monoisotopic (exact) mass is 564 g/mol. The maximum Gasteiger partial charge on any atom is 0.261 e. The molecule has 1 unspecified atom stereocenters. The van der Waals surface area contributed by atoms with Gasteiger partial charge in [0.25, 0.3) is 5.91 Å². The highest BCUT2D eigenvalue weighted by molar-refractivity contribution is 9.10. The summed E-state index contributed by atoms with van der Waals surface area (Å²) in [5.41, 5.74) is 0.769. The molecule has 0 saturated carbocycles. The van der Waals surface area contributed by atoms with E-state index in [2.05, 4.69) is 21.2 Å². The Balaban J connectivity index is 1.85. The number of nitrogens with zero attached hydrogens (tertiary/aromatic N) is 1. The van der Waals surface area contributed by atoms with Crippen LogP contribution >= 0.6 is 39.1 Å². The van der Waals surface area contributed by atoms with E-state index in [4.69, 9.17) is 27.9 Å². The third kappa shape index (κ3) is 6.44. The third-order valence-electron chi connectivity index (χ3n) is 5.33. The molecule has 0 radical (unpaired) electrons. The van der Waals surface area contributed by atoms with Crippen molar-refractivity contribution in [3.63, 3.8) is 0 Å². The zero-order valence-corrected chi connectivity index (χ0v) is 22.4. The Hall–Kier alpha value is -2.28. The van der Waals surface area contributed by atoms with E-state index in [1.165, 1.54) is 4.90 Å². The number of carbonyl (C=O) groups is 2. The molecular formula is C26H27BrCl2N2O3. The van der Waals surface area contributed by atoms with Crippen LogP contribution in [0.4, 0.5) is 0 Å². The summed E-state index contributed by atoms with van der Waals surface area (Å²) in [7, 11) is 0. The zero-order valence-electron chi connectivity index (χ0n) is 19.3. The standard InChI is InChI=1S/C26H27BrCl2N2O3/c1-4-22(26(33)30-16(2)3)31(14-17-9-11-20(28)21(29)13-17)24(32)15-34-23-12-10-18-7-5-6-8-19(18)25(23)27/h5-13,16,22H,4,14-15H2,1-3H3,(H,30,33). The number of hydrogen-bond acceptors (Lipinski definition) is 3. The first-order valence-electron chi connectivity index (χ1n) is 11.0. The van der Waals surface area contributed by atoms with Gasteiger partial charge in [0.15, 0.2) is 6.61 Å². The molecule has 0 bridgehead atoms. The van der Waals surface area contributed by atoms with Crippen molar-refractivity contribution < 1.29 is 14.3 Å². The first-order chi connectivity index (χ1) is 16.2. The Kier molecular flexibility index (Phi) is 9.23. The van der Waals surface area contributed by atoms with Crippen LogP contribution in [0.25, 0.3) is 10.8 Å². The summed E-state index contributed by atoms with van der Waals surface area (Å²) in [6.07, 6.45) is 0.450. The average Bonchev–Trinajstić information content (AvgIpc) is 2.80. The quantitative estimate of drug-likeness (QED) is 0.317. The van der Waals surface area contributed by atoms with Gasteiger partial charge in [0.1, 0.15) is 11.8 Å². The predicted octanol–water partition coefficient (Wildman–Crippen LogP) is 6.62. The highest BCUT2D eigenvalue weighted by Crippen LogP contribution is 2.33. The van der Waals surface area contributed by atoms with Gasteiger partial charge < -0.3 is 15.0 Å². The molecule has 3 aromatic carbocycles. The highest BCUT2D eigenvalue weighted by atomic mass is 79.9. The number of rotatable bonds is 9. The van der Waals surface area contributed by atoms with Crippen LogP contribution in [0.2, 0.25) is 10.0 Å². The van der Waals surface area contributed by atoms with Gasteiger partial charge in [-0.05, 0) is 70.7 Å². The molecule has 180 valence electrons. The fourth-order valence-corrected chi connectivity index (χ4v) is 4.61. The van der Waals surface area contributed by atoms with Crippen LogP contribution in [0.5, 0.6) is 5.75 Å². The minimum absolute atomic E-state index is 0.0479. The number of amides is 2. The molecule has 0 spiro atoms. The molecule has 0 fully saturated rings. The van der Waals surface area contributed by atoms with Gasteiger partial charge in [0, 0.05) is 12.6 Å². The molecule has 34 heavy (non-hydrogen) atoms. The lowest BCUT2D eigenvalue weighted by Gasteiger charge is -2.31. The molecule has 3 rings (SSSR count). The number of halogens is 3. The molecular weight excluding hydrogens is 539 g/mol. The van der Waals surface area contributed by atoms with Gasteiger partial charge in [-0.15, -0.1) is 0 Å². The number of nitrogens with one attached hydrogen (secondary N) is 1. The number of ether oxygens (including phenoxy) is 1. The topological polar surface area (TPSA) is 58.6 Å². The van der Waals surface area contributed by atoms with Gasteiger partial charge in [0.05, 0.1) is 14.5 Å². The van der Waals surface area contributed by atoms with Crippen LogP contribution in [0.1, 0.15) is 32.8 Å². The maximum atomic E-state index is 13.4. The second kappa shape index (κ2) is 11.9. The molecule has 2 amide bonds. The smallest absolute Gasteiger partial charge is 0.261 e. The minimum Gasteiger partial charge on any atom is -0.483 e. The van der Waals surface area contributed by atoms with Crippen molar-refractivity contribution in [3.8, 4) is 5.75 Å². The Labute approximate surface area is 218 Å². The Morgan fingerprint density at radius 3 is 2.47 bits per heavy atom. The van der Waals surface area contributed by atoms with Crippen LogP contribution in [-0.4, -0.2) is 35.4 Å². The number of carbonyl (C=O) groups excluding carboxylic acids is 2. The minimum atomic E-state index is -0.659. The number of hydrogen-bond donors (Lipinski definition) is 1. The second-order valence-electron chi connectivity index (χ2n) is 8.24. The maximum absolute atomic E-state index is 13.4. The van der Waals surface area contributed by atoms with Crippen molar-refractivity contribution in [1.82, 2.24) is 10.2 Å². The van der Waals surface area contributed by atoms with Crippen LogP contribution in [-0.2, 0) is 16.1 Å². The summed E-state index contributed by atoms with van der Waals surface area (Å²) in [6, 6.07) is 16.1. The zero-order chi connectivity index (χ0) is 24.8. The SMILES string of the molecule is CCC(C(=O)NC(C)C)N(Cc1ccc(Cl)c(Cl)c1)C(=O)COc1ccc2ccccc2c1Br. The predicted molar refractivity (Wildman–Crippen MR) is 142 cm³/mol. The van der Waals surface area contributed by atoms with Crippen LogP contribution < -0.4 is 10.1 Å². The number of fused-ring (bicyclic) bond motifs is 1. The van der Waals surface area contributed by atoms with Crippen LogP contribution in [0.15, 0.2) is 59.1 Å². The van der Waals surface area contributed by atoms with E-state index in [0.29, 0.717) is 22.2 Å². The Morgan fingerprint density at radius 1 is 1.06 bits per heavy atom. The van der Waals surface area contributed by atoms with Gasteiger partial charge in [0.2, 0.25) is 5.91 Å². The van der Waals surface area contributed by atoms with Gasteiger partial charge in [-0.3, -0.25) is 9.59 Å². The van der Waals surface area contributed by atoms with E-state index >= 15 is 0 Å². The van der Waals surface area contributed by atoms with E-state index < -0.39 is 6.04 Å². The van der Waals surface area contributed by atoms with E-state index in [1.54, 1.807) is 18.2 Å². The fourth-order valence-electron chi connectivity index (χ4n) is 3.68. The van der Waals surface area contributed by atoms with Crippen molar-refractivity contribution in [3.05, 3.63) is 74.7 Å². The van der Waals surface area contributed by atoms with E-state index in [0.717, 1.165) is 20.8 Å². The lowest BCUT2D eigenvalue weighted by atomic mass is 10.1. The molecule has 0 aliphatic rings. The second-order valence-corrected chi connectivity index (χ2v) is 9.85. The first kappa shape index (κ1) is 26.3. The van der Waals surface area contributed by atoms with Crippen LogP contribution in [0, 0.1) is 0 Å². The molecule has 0 aliphatic heterocycles. The first-order valence-corrected chi connectivity index (χ1v) is 12.6. The molecule has 5 nitrogen and oxygen atoms in total. The van der Waals surface area contributed by atoms with E-state index in [-0.39, 0.29) is 31.0 Å². The van der Waals surface area contributed by atoms with Crippen molar-refractivity contribution in [1.29, 1.82) is 0 Å².